The number of hydrogen-bond donors (Lipinski definition) is 2. The maximum absolute atomic E-state index is 6.24. The number of anilines is 1. The van der Waals surface area contributed by atoms with Crippen molar-refractivity contribution in [1.29, 1.82) is 0 Å². The fourth-order valence-electron chi connectivity index (χ4n) is 2.37. The van der Waals surface area contributed by atoms with Crippen LogP contribution in [-0.2, 0) is 0 Å². The largest absolute Gasteiger partial charge is 0.338 e. The third-order valence-electron chi connectivity index (χ3n) is 3.86. The van der Waals surface area contributed by atoms with Crippen LogP contribution < -0.4 is 10.2 Å². The van der Waals surface area contributed by atoms with E-state index in [1.54, 1.807) is 6.20 Å². The number of hydrogen-bond acceptors (Lipinski definition) is 2. The van der Waals surface area contributed by atoms with E-state index >= 15 is 0 Å². The van der Waals surface area contributed by atoms with Gasteiger partial charge in [0.25, 0.3) is 0 Å². The molecule has 6 heteroatoms. The van der Waals surface area contributed by atoms with E-state index in [0.29, 0.717) is 10.1 Å². The summed E-state index contributed by atoms with van der Waals surface area (Å²) in [5.74, 6) is 0. The molecular formula is C18H24ClN4S+. The molecular weight excluding hydrogens is 340 g/mol. The zero-order valence-electron chi connectivity index (χ0n) is 14.3. The van der Waals surface area contributed by atoms with Crippen LogP contribution in [0.2, 0.25) is 5.02 Å². The van der Waals surface area contributed by atoms with Crippen LogP contribution in [0.5, 0.6) is 0 Å². The van der Waals surface area contributed by atoms with Crippen LogP contribution >= 0.6 is 23.8 Å². The Bertz CT molecular complexity index is 663. The van der Waals surface area contributed by atoms with Crippen LogP contribution in [0.3, 0.4) is 0 Å². The average Bonchev–Trinajstić information content (AvgIpc) is 2.57. The summed E-state index contributed by atoms with van der Waals surface area (Å²) in [5, 5.41) is 4.61. The van der Waals surface area contributed by atoms with Crippen LogP contribution in [0.1, 0.15) is 18.5 Å². The third kappa shape index (κ3) is 5.16. The van der Waals surface area contributed by atoms with Crippen molar-refractivity contribution in [2.45, 2.75) is 13.0 Å². The number of pyridine rings is 1. The van der Waals surface area contributed by atoms with Gasteiger partial charge in [-0.2, -0.15) is 0 Å². The zero-order chi connectivity index (χ0) is 17.5. The highest BCUT2D eigenvalue weighted by Gasteiger charge is 2.20. The number of thiocarbonyl (C=S) groups is 1. The van der Waals surface area contributed by atoms with Crippen LogP contribution in [0.25, 0.3) is 0 Å². The van der Waals surface area contributed by atoms with Gasteiger partial charge in [0, 0.05) is 12.4 Å². The number of benzene rings is 1. The number of aromatic nitrogens is 1. The molecule has 24 heavy (non-hydrogen) atoms. The first-order chi connectivity index (χ1) is 11.5. The van der Waals surface area contributed by atoms with Crippen molar-refractivity contribution in [2.75, 3.05) is 32.5 Å². The zero-order valence-corrected chi connectivity index (χ0v) is 15.9. The van der Waals surface area contributed by atoms with Crippen molar-refractivity contribution in [3.8, 4) is 0 Å². The first-order valence-electron chi connectivity index (χ1n) is 8.00. The molecule has 1 atom stereocenters. The minimum Gasteiger partial charge on any atom is -0.338 e. The smallest absolute Gasteiger partial charge is 0.174 e. The van der Waals surface area contributed by atoms with Gasteiger partial charge in [-0.25, -0.2) is 0 Å². The van der Waals surface area contributed by atoms with Gasteiger partial charge < -0.3 is 15.1 Å². The summed E-state index contributed by atoms with van der Waals surface area (Å²) in [4.78, 5) is 7.78. The minimum atomic E-state index is 0.125. The highest BCUT2D eigenvalue weighted by atomic mass is 35.5. The summed E-state index contributed by atoms with van der Waals surface area (Å²) in [6.07, 6.45) is 3.67. The summed E-state index contributed by atoms with van der Waals surface area (Å²) in [7, 11) is 4.27. The SMILES string of the molecule is CC(c1cccnc1)N(CC[NH+](C)C)C(=S)Nc1ccccc1Cl. The molecule has 1 aromatic heterocycles. The van der Waals surface area contributed by atoms with Gasteiger partial charge in [0.05, 0.1) is 43.9 Å². The Labute approximate surface area is 154 Å². The monoisotopic (exact) mass is 363 g/mol. The number of nitrogens with zero attached hydrogens (tertiary/aromatic N) is 2. The fourth-order valence-corrected chi connectivity index (χ4v) is 2.91. The molecule has 1 unspecified atom stereocenters. The summed E-state index contributed by atoms with van der Waals surface area (Å²) < 4.78 is 0. The predicted molar refractivity (Wildman–Crippen MR) is 105 cm³/mol. The number of nitrogens with one attached hydrogen (secondary N) is 2. The Kier molecular flexibility index (Phi) is 6.97. The molecule has 2 N–H and O–H groups in total. The quantitative estimate of drug-likeness (QED) is 0.773. The highest BCUT2D eigenvalue weighted by molar-refractivity contribution is 7.80. The van der Waals surface area contributed by atoms with Gasteiger partial charge in [0.2, 0.25) is 0 Å². The van der Waals surface area contributed by atoms with E-state index < -0.39 is 0 Å². The predicted octanol–water partition coefficient (Wildman–Crippen LogP) is 2.64. The summed E-state index contributed by atoms with van der Waals surface area (Å²) in [6.45, 7) is 3.96. The second-order valence-corrected chi connectivity index (χ2v) is 6.82. The van der Waals surface area contributed by atoms with Gasteiger partial charge in [0.1, 0.15) is 0 Å². The number of para-hydroxylation sites is 1. The summed E-state index contributed by atoms with van der Waals surface area (Å²) >= 11 is 11.9. The van der Waals surface area contributed by atoms with Crippen molar-refractivity contribution in [3.63, 3.8) is 0 Å². The van der Waals surface area contributed by atoms with E-state index in [1.165, 1.54) is 4.90 Å². The normalized spacial score (nSPS) is 12.0. The van der Waals surface area contributed by atoms with Crippen LogP contribution in [0, 0.1) is 0 Å². The molecule has 1 aromatic carbocycles. The molecule has 0 saturated heterocycles. The number of likely N-dealkylation sites (N-methyl/N-ethyl adjacent to an activating group) is 1. The maximum Gasteiger partial charge on any atom is 0.174 e. The number of halogens is 1. The van der Waals surface area contributed by atoms with Crippen molar-refractivity contribution in [2.24, 2.45) is 0 Å². The topological polar surface area (TPSA) is 32.6 Å². The Morgan fingerprint density at radius 2 is 2.04 bits per heavy atom. The van der Waals surface area contributed by atoms with Gasteiger partial charge in [-0.15, -0.1) is 0 Å². The third-order valence-corrected chi connectivity index (χ3v) is 4.53. The van der Waals surface area contributed by atoms with E-state index in [9.17, 15) is 0 Å². The van der Waals surface area contributed by atoms with E-state index in [-0.39, 0.29) is 6.04 Å². The molecule has 0 fully saturated rings. The van der Waals surface area contributed by atoms with Crippen molar-refractivity contribution in [1.82, 2.24) is 9.88 Å². The summed E-state index contributed by atoms with van der Waals surface area (Å²) in [5.41, 5.74) is 1.96. The van der Waals surface area contributed by atoms with Crippen LogP contribution in [0.15, 0.2) is 48.8 Å². The first kappa shape index (κ1) is 18.6. The van der Waals surface area contributed by atoms with Crippen molar-refractivity contribution in [3.05, 3.63) is 59.4 Å². The van der Waals surface area contributed by atoms with Crippen molar-refractivity contribution < 1.29 is 4.90 Å². The molecule has 0 amide bonds. The lowest BCUT2D eigenvalue weighted by Gasteiger charge is -2.32. The van der Waals surface area contributed by atoms with E-state index in [0.717, 1.165) is 24.3 Å². The molecule has 2 rings (SSSR count). The van der Waals surface area contributed by atoms with Gasteiger partial charge in [-0.05, 0) is 42.9 Å². The second kappa shape index (κ2) is 8.97. The first-order valence-corrected chi connectivity index (χ1v) is 8.78. The van der Waals surface area contributed by atoms with E-state index in [4.69, 9.17) is 23.8 Å². The van der Waals surface area contributed by atoms with Gasteiger partial charge >= 0.3 is 0 Å². The number of quaternary nitrogens is 1. The lowest BCUT2D eigenvalue weighted by Crippen LogP contribution is -3.06. The molecule has 128 valence electrons. The molecule has 1 heterocycles. The van der Waals surface area contributed by atoms with E-state index in [2.05, 4.69) is 42.3 Å². The Morgan fingerprint density at radius 3 is 2.67 bits per heavy atom. The standard InChI is InChI=1S/C18H23ClN4S/c1-14(15-7-6-10-20-13-15)23(12-11-22(2)3)18(24)21-17-9-5-4-8-16(17)19/h4-10,13-14H,11-12H2,1-3H3,(H,21,24)/p+1. The Hall–Kier alpha value is -1.69. The molecule has 0 aliphatic carbocycles. The molecule has 0 aliphatic rings. The minimum absolute atomic E-state index is 0.125. The molecule has 0 aliphatic heterocycles. The lowest BCUT2D eigenvalue weighted by atomic mass is 10.1. The molecule has 4 nitrogen and oxygen atoms in total. The Balaban J connectivity index is 2.18. The van der Waals surface area contributed by atoms with E-state index in [1.807, 2.05) is 36.5 Å². The van der Waals surface area contributed by atoms with Gasteiger partial charge in [0.15, 0.2) is 5.11 Å². The maximum atomic E-state index is 6.24. The molecule has 0 radical (unpaired) electrons. The molecule has 2 aromatic rings. The molecule has 0 bridgehead atoms. The van der Waals surface area contributed by atoms with Gasteiger partial charge in [-0.3, -0.25) is 4.98 Å². The highest BCUT2D eigenvalue weighted by Crippen LogP contribution is 2.24. The molecule has 0 saturated carbocycles. The fraction of sp³-hybridized carbons (Fsp3) is 0.333. The lowest BCUT2D eigenvalue weighted by molar-refractivity contribution is -0.857. The Morgan fingerprint density at radius 1 is 1.29 bits per heavy atom. The van der Waals surface area contributed by atoms with Gasteiger partial charge in [-0.1, -0.05) is 29.8 Å². The second-order valence-electron chi connectivity index (χ2n) is 6.02. The number of rotatable bonds is 6. The van der Waals surface area contributed by atoms with Crippen LogP contribution in [-0.4, -0.2) is 42.2 Å². The summed E-state index contributed by atoms with van der Waals surface area (Å²) in [6, 6.07) is 11.8. The van der Waals surface area contributed by atoms with Crippen molar-refractivity contribution >= 4 is 34.6 Å². The average molecular weight is 364 g/mol. The molecule has 0 spiro atoms. The van der Waals surface area contributed by atoms with Crippen LogP contribution in [0.4, 0.5) is 5.69 Å².